The number of nitrogens with zero attached hydrogens (tertiary/aromatic N) is 2. The molecule has 102 valence electrons. The predicted molar refractivity (Wildman–Crippen MR) is 82.8 cm³/mol. The van der Waals surface area contributed by atoms with E-state index in [2.05, 4.69) is 51.7 Å². The van der Waals surface area contributed by atoms with Crippen molar-refractivity contribution in [2.24, 2.45) is 0 Å². The van der Waals surface area contributed by atoms with E-state index in [1.807, 2.05) is 20.0 Å². The molecular weight excluding hydrogens is 341 g/mol. The lowest BCUT2D eigenvalue weighted by atomic mass is 10.0. The van der Waals surface area contributed by atoms with Crippen molar-refractivity contribution in [2.75, 3.05) is 18.5 Å². The van der Waals surface area contributed by atoms with Gasteiger partial charge in [0.1, 0.15) is 11.4 Å². The highest BCUT2D eigenvalue weighted by Gasteiger charge is 2.28. The summed E-state index contributed by atoms with van der Waals surface area (Å²) in [6.45, 7) is 9.86. The number of aromatic nitrogens is 2. The molecule has 0 amide bonds. The Morgan fingerprint density at radius 2 is 2.11 bits per heavy atom. The summed E-state index contributed by atoms with van der Waals surface area (Å²) in [7, 11) is 0. The monoisotopic (exact) mass is 363 g/mol. The Bertz CT molecular complexity index is 386. The molecule has 0 saturated carbocycles. The molecule has 0 spiro atoms. The van der Waals surface area contributed by atoms with Gasteiger partial charge >= 0.3 is 0 Å². The second-order valence-corrected chi connectivity index (χ2v) is 5.50. The molecule has 0 bridgehead atoms. The number of ether oxygens (including phenoxy) is 1. The third kappa shape index (κ3) is 3.78. The van der Waals surface area contributed by atoms with Gasteiger partial charge in [-0.3, -0.25) is 0 Å². The summed E-state index contributed by atoms with van der Waals surface area (Å²) < 4.78 is 6.85. The maximum Gasteiger partial charge on any atom is 0.162 e. The van der Waals surface area contributed by atoms with Gasteiger partial charge in [0, 0.05) is 19.3 Å². The topological polar surface area (TPSA) is 47.0 Å². The first-order valence-corrected chi connectivity index (χ1v) is 7.56. The summed E-state index contributed by atoms with van der Waals surface area (Å²) in [6, 6.07) is 0. The Hall–Kier alpha value is -0.430. The molecule has 1 heterocycles. The van der Waals surface area contributed by atoms with Gasteiger partial charge in [0.15, 0.2) is 5.82 Å². The van der Waals surface area contributed by atoms with E-state index < -0.39 is 5.60 Å². The molecule has 18 heavy (non-hydrogen) atoms. The zero-order valence-corrected chi connectivity index (χ0v) is 13.7. The minimum atomic E-state index is -0.401. The lowest BCUT2D eigenvalue weighted by Gasteiger charge is -2.26. The van der Waals surface area contributed by atoms with Crippen molar-refractivity contribution >= 4 is 28.4 Å². The molecule has 1 unspecified atom stereocenters. The number of nitrogens with one attached hydrogen (secondary N) is 1. The van der Waals surface area contributed by atoms with E-state index in [4.69, 9.17) is 4.74 Å². The summed E-state index contributed by atoms with van der Waals surface area (Å²) in [5.74, 6) is 1.66. The number of anilines is 1. The normalized spacial score (nSPS) is 14.3. The molecule has 0 aliphatic carbocycles. The molecule has 1 N–H and O–H groups in total. The quantitative estimate of drug-likeness (QED) is 0.753. The molecule has 0 fully saturated rings. The maximum absolute atomic E-state index is 5.81. The van der Waals surface area contributed by atoms with Crippen LogP contribution in [0.2, 0.25) is 0 Å². The molecule has 0 radical (unpaired) electrons. The van der Waals surface area contributed by atoms with E-state index in [0.717, 1.165) is 34.6 Å². The van der Waals surface area contributed by atoms with E-state index in [9.17, 15) is 0 Å². The second kappa shape index (κ2) is 7.23. The molecular formula is C13H22IN3O. The first-order valence-electron chi connectivity index (χ1n) is 6.48. The van der Waals surface area contributed by atoms with Crippen LogP contribution in [0.1, 0.15) is 46.4 Å². The van der Waals surface area contributed by atoms with Crippen molar-refractivity contribution < 1.29 is 4.74 Å². The molecule has 0 aliphatic rings. The third-order valence-corrected chi connectivity index (χ3v) is 3.69. The summed E-state index contributed by atoms with van der Waals surface area (Å²) in [4.78, 5) is 9.04. The van der Waals surface area contributed by atoms with Crippen molar-refractivity contribution in [3.8, 4) is 0 Å². The minimum Gasteiger partial charge on any atom is -0.369 e. The zero-order chi connectivity index (χ0) is 13.6. The lowest BCUT2D eigenvalue weighted by molar-refractivity contribution is -0.0389. The van der Waals surface area contributed by atoms with E-state index in [1.54, 1.807) is 0 Å². The fraction of sp³-hybridized carbons (Fsp3) is 0.692. The highest BCUT2D eigenvalue weighted by molar-refractivity contribution is 14.1. The Balaban J connectivity index is 3.01. The predicted octanol–water partition coefficient (Wildman–Crippen LogP) is 3.56. The lowest BCUT2D eigenvalue weighted by Crippen LogP contribution is -2.28. The third-order valence-electron chi connectivity index (χ3n) is 2.90. The second-order valence-electron chi connectivity index (χ2n) is 4.33. The molecule has 1 rings (SSSR count). The van der Waals surface area contributed by atoms with Gasteiger partial charge in [-0.1, -0.05) is 13.8 Å². The van der Waals surface area contributed by atoms with Gasteiger partial charge in [0.25, 0.3) is 0 Å². The highest BCUT2D eigenvalue weighted by atomic mass is 127. The van der Waals surface area contributed by atoms with Crippen LogP contribution in [0.25, 0.3) is 0 Å². The Morgan fingerprint density at radius 1 is 1.39 bits per heavy atom. The standard InChI is InChI=1S/C13H22IN3O/c1-5-8-15-11-10(14)9-16-12(17-11)13(4,6-2)18-7-3/h9H,5-8H2,1-4H3,(H,15,16,17). The van der Waals surface area contributed by atoms with Gasteiger partial charge in [-0.2, -0.15) is 0 Å². The van der Waals surface area contributed by atoms with Crippen LogP contribution in [0.15, 0.2) is 6.20 Å². The largest absolute Gasteiger partial charge is 0.369 e. The molecule has 1 atom stereocenters. The molecule has 1 aromatic rings. The van der Waals surface area contributed by atoms with Crippen LogP contribution < -0.4 is 5.32 Å². The molecule has 0 aliphatic heterocycles. The highest BCUT2D eigenvalue weighted by Crippen LogP contribution is 2.27. The average molecular weight is 363 g/mol. The van der Waals surface area contributed by atoms with Crippen LogP contribution in [0.3, 0.4) is 0 Å². The SMILES string of the molecule is CCCNc1nc(C(C)(CC)OCC)ncc1I. The number of hydrogen-bond acceptors (Lipinski definition) is 4. The number of hydrogen-bond donors (Lipinski definition) is 1. The summed E-state index contributed by atoms with van der Waals surface area (Å²) in [5.41, 5.74) is -0.401. The van der Waals surface area contributed by atoms with Crippen LogP contribution in [-0.4, -0.2) is 23.1 Å². The van der Waals surface area contributed by atoms with Crippen LogP contribution in [0.4, 0.5) is 5.82 Å². The van der Waals surface area contributed by atoms with Gasteiger partial charge in [-0.15, -0.1) is 0 Å². The van der Waals surface area contributed by atoms with Crippen molar-refractivity contribution in [3.05, 3.63) is 15.6 Å². The Labute approximate surface area is 123 Å². The Kier molecular flexibility index (Phi) is 6.28. The van der Waals surface area contributed by atoms with Crippen molar-refractivity contribution in [1.82, 2.24) is 9.97 Å². The molecule has 0 aromatic carbocycles. The average Bonchev–Trinajstić information content (AvgIpc) is 2.38. The van der Waals surface area contributed by atoms with Gasteiger partial charge < -0.3 is 10.1 Å². The van der Waals surface area contributed by atoms with E-state index in [1.165, 1.54) is 0 Å². The molecule has 0 saturated heterocycles. The van der Waals surface area contributed by atoms with Crippen LogP contribution in [0, 0.1) is 3.57 Å². The number of halogens is 1. The zero-order valence-electron chi connectivity index (χ0n) is 11.6. The fourth-order valence-corrected chi connectivity index (χ4v) is 2.08. The van der Waals surface area contributed by atoms with E-state index >= 15 is 0 Å². The van der Waals surface area contributed by atoms with Crippen LogP contribution in [-0.2, 0) is 10.3 Å². The van der Waals surface area contributed by atoms with E-state index in [0.29, 0.717) is 6.61 Å². The van der Waals surface area contributed by atoms with Gasteiger partial charge in [-0.05, 0) is 49.3 Å². The summed E-state index contributed by atoms with van der Waals surface area (Å²) in [5, 5.41) is 3.33. The first kappa shape index (κ1) is 15.6. The smallest absolute Gasteiger partial charge is 0.162 e. The van der Waals surface area contributed by atoms with Crippen molar-refractivity contribution in [3.63, 3.8) is 0 Å². The summed E-state index contributed by atoms with van der Waals surface area (Å²) in [6.07, 6.45) is 3.79. The minimum absolute atomic E-state index is 0.401. The van der Waals surface area contributed by atoms with Gasteiger partial charge in [0.2, 0.25) is 0 Å². The number of rotatable bonds is 7. The van der Waals surface area contributed by atoms with Crippen molar-refractivity contribution in [1.29, 1.82) is 0 Å². The van der Waals surface area contributed by atoms with Gasteiger partial charge in [-0.25, -0.2) is 9.97 Å². The maximum atomic E-state index is 5.81. The van der Waals surface area contributed by atoms with Crippen LogP contribution >= 0.6 is 22.6 Å². The van der Waals surface area contributed by atoms with E-state index in [-0.39, 0.29) is 0 Å². The molecule has 5 heteroatoms. The first-order chi connectivity index (χ1) is 8.57. The molecule has 4 nitrogen and oxygen atoms in total. The van der Waals surface area contributed by atoms with Crippen LogP contribution in [0.5, 0.6) is 0 Å². The van der Waals surface area contributed by atoms with Gasteiger partial charge in [0.05, 0.1) is 3.57 Å². The Morgan fingerprint density at radius 3 is 2.67 bits per heavy atom. The summed E-state index contributed by atoms with van der Waals surface area (Å²) >= 11 is 2.25. The van der Waals surface area contributed by atoms with Crippen molar-refractivity contribution in [2.45, 2.75) is 46.1 Å². The molecule has 1 aromatic heterocycles. The fourth-order valence-electron chi connectivity index (χ4n) is 1.63.